The number of ether oxygens (including phenoxy) is 2. The van der Waals surface area contributed by atoms with Gasteiger partial charge in [0.1, 0.15) is 43.2 Å². The number of phosphoric ester groups is 2. The highest BCUT2D eigenvalue weighted by molar-refractivity contribution is 7.47. The van der Waals surface area contributed by atoms with Crippen molar-refractivity contribution < 1.29 is 76.9 Å². The fourth-order valence-corrected chi connectivity index (χ4v) is 8.37. The van der Waals surface area contributed by atoms with Gasteiger partial charge in [-0.05, 0) is 77.0 Å². The summed E-state index contributed by atoms with van der Waals surface area (Å²) >= 11 is 0. The second kappa shape index (κ2) is 37.7. The number of hydrogen-bond donors (Lipinski definition) is 7. The standard InChI is InChI=1S/C47H82O16P2/c1-3-5-7-9-11-13-15-17-19-20-22-24-26-28-30-32-34-36-41(49)61-39(37-59-40(48)35-33-31-29-27-25-23-21-18-16-14-12-10-8-6-4-2)38-60-65(57,58)63-47-44(52)42(50)43(51)46(45(47)53)62-64(54,55)56/h11,13,17-19,21-22,24,28,30,39,42-47,50-53H,3-10,12,14-16,20,23,25-27,29,31-38H2,1-2H3,(H,57,58)(H2,54,55,56)/b13-11-,19-17-,21-18-,24-22-,30-28-/t39-,42?,43?,44?,45?,46-,47+/m1/s1. The minimum atomic E-state index is -5.37. The molecular weight excluding hydrogens is 882 g/mol. The summed E-state index contributed by atoms with van der Waals surface area (Å²) in [6, 6.07) is 0. The lowest BCUT2D eigenvalue weighted by Crippen LogP contribution is -2.64. The van der Waals surface area contributed by atoms with Gasteiger partial charge in [-0.15, -0.1) is 0 Å². The minimum Gasteiger partial charge on any atom is -0.462 e. The van der Waals surface area contributed by atoms with Crippen LogP contribution >= 0.6 is 15.6 Å². The monoisotopic (exact) mass is 965 g/mol. The van der Waals surface area contributed by atoms with Crippen molar-refractivity contribution in [2.24, 2.45) is 0 Å². The van der Waals surface area contributed by atoms with Crippen molar-refractivity contribution in [2.45, 2.75) is 211 Å². The van der Waals surface area contributed by atoms with E-state index in [1.807, 2.05) is 12.2 Å². The van der Waals surface area contributed by atoms with Crippen LogP contribution < -0.4 is 0 Å². The lowest BCUT2D eigenvalue weighted by molar-refractivity contribution is -0.216. The van der Waals surface area contributed by atoms with E-state index in [4.69, 9.17) is 18.5 Å². The molecule has 18 heteroatoms. The number of aliphatic hydroxyl groups excluding tert-OH is 4. The molecule has 0 saturated heterocycles. The second-order valence-corrected chi connectivity index (χ2v) is 19.1. The molecule has 16 nitrogen and oxygen atoms in total. The Morgan fingerprint density at radius 3 is 1.45 bits per heavy atom. The molecule has 65 heavy (non-hydrogen) atoms. The Morgan fingerprint density at radius 1 is 0.492 bits per heavy atom. The van der Waals surface area contributed by atoms with Gasteiger partial charge in [0.15, 0.2) is 6.10 Å². The Morgan fingerprint density at radius 2 is 0.908 bits per heavy atom. The molecule has 0 aromatic heterocycles. The molecule has 5 unspecified atom stereocenters. The maximum atomic E-state index is 13.0. The zero-order valence-electron chi connectivity index (χ0n) is 38.9. The van der Waals surface area contributed by atoms with Crippen molar-refractivity contribution in [1.82, 2.24) is 0 Å². The topological polar surface area (TPSA) is 256 Å². The first-order valence-electron chi connectivity index (χ1n) is 23.8. The van der Waals surface area contributed by atoms with Crippen molar-refractivity contribution in [1.29, 1.82) is 0 Å². The number of carbonyl (C=O) groups is 2. The first kappa shape index (κ1) is 60.7. The van der Waals surface area contributed by atoms with Crippen molar-refractivity contribution in [2.75, 3.05) is 13.2 Å². The van der Waals surface area contributed by atoms with Crippen LogP contribution in [-0.4, -0.2) is 103 Å². The zero-order chi connectivity index (χ0) is 48.2. The van der Waals surface area contributed by atoms with Crippen molar-refractivity contribution >= 4 is 27.6 Å². The predicted molar refractivity (Wildman–Crippen MR) is 250 cm³/mol. The minimum absolute atomic E-state index is 0.0354. The first-order valence-corrected chi connectivity index (χ1v) is 26.9. The first-order chi connectivity index (χ1) is 31.1. The molecule has 376 valence electrons. The van der Waals surface area contributed by atoms with Gasteiger partial charge in [-0.25, -0.2) is 9.13 Å². The Hall–Kier alpha value is -2.30. The van der Waals surface area contributed by atoms with Gasteiger partial charge >= 0.3 is 27.6 Å². The summed E-state index contributed by atoms with van der Waals surface area (Å²) in [5, 5.41) is 41.2. The number of carbonyl (C=O) groups excluding carboxylic acids is 2. The van der Waals surface area contributed by atoms with Crippen molar-refractivity contribution in [3.63, 3.8) is 0 Å². The summed E-state index contributed by atoms with van der Waals surface area (Å²) in [5.41, 5.74) is 0. The molecule has 1 aliphatic carbocycles. The van der Waals surface area contributed by atoms with Crippen LogP contribution in [0.25, 0.3) is 0 Å². The third kappa shape index (κ3) is 32.2. The van der Waals surface area contributed by atoms with Crippen LogP contribution in [0.1, 0.15) is 168 Å². The number of aliphatic hydroxyl groups is 4. The summed E-state index contributed by atoms with van der Waals surface area (Å²) < 4.78 is 49.3. The number of unbranched alkanes of at least 4 members (excludes halogenated alkanes) is 15. The molecule has 0 aromatic rings. The molecule has 7 N–H and O–H groups in total. The highest BCUT2D eigenvalue weighted by Crippen LogP contribution is 2.49. The lowest BCUT2D eigenvalue weighted by atomic mass is 9.85. The van der Waals surface area contributed by atoms with Gasteiger partial charge in [0.05, 0.1) is 6.61 Å². The summed E-state index contributed by atoms with van der Waals surface area (Å²) in [7, 11) is -10.7. The molecule has 0 aromatic carbocycles. The van der Waals surface area contributed by atoms with Crippen LogP contribution in [0, 0.1) is 0 Å². The highest BCUT2D eigenvalue weighted by Gasteiger charge is 2.54. The van der Waals surface area contributed by atoms with Gasteiger partial charge in [0.25, 0.3) is 0 Å². The molecule has 0 radical (unpaired) electrons. The van der Waals surface area contributed by atoms with E-state index in [9.17, 15) is 53.8 Å². The van der Waals surface area contributed by atoms with E-state index < -0.39 is 83.5 Å². The molecule has 0 heterocycles. The number of esters is 2. The summed E-state index contributed by atoms with van der Waals surface area (Å²) in [5.74, 6) is -1.28. The van der Waals surface area contributed by atoms with E-state index in [-0.39, 0.29) is 12.8 Å². The fraction of sp³-hybridized carbons (Fsp3) is 0.745. The number of allylic oxidation sites excluding steroid dienone is 10. The maximum Gasteiger partial charge on any atom is 0.472 e. The Kier molecular flexibility index (Phi) is 35.2. The second-order valence-electron chi connectivity index (χ2n) is 16.5. The van der Waals surface area contributed by atoms with Crippen LogP contribution in [0.2, 0.25) is 0 Å². The Bertz CT molecular complexity index is 1490. The smallest absolute Gasteiger partial charge is 0.462 e. The average Bonchev–Trinajstić information content (AvgIpc) is 3.26. The summed E-state index contributed by atoms with van der Waals surface area (Å²) in [6.07, 6.45) is 29.0. The average molecular weight is 965 g/mol. The van der Waals surface area contributed by atoms with E-state index in [1.165, 1.54) is 57.8 Å². The van der Waals surface area contributed by atoms with Crippen LogP contribution in [0.4, 0.5) is 0 Å². The van der Waals surface area contributed by atoms with Gasteiger partial charge in [-0.2, -0.15) is 0 Å². The lowest BCUT2D eigenvalue weighted by Gasteiger charge is -2.43. The molecule has 8 atom stereocenters. The molecule has 1 fully saturated rings. The molecule has 0 amide bonds. The molecular formula is C47H82O16P2. The normalized spacial score (nSPS) is 22.2. The molecule has 1 aliphatic rings. The Labute approximate surface area is 388 Å². The molecule has 0 aliphatic heterocycles. The number of rotatable bonds is 39. The van der Waals surface area contributed by atoms with E-state index >= 15 is 0 Å². The summed E-state index contributed by atoms with van der Waals surface area (Å²) in [4.78, 5) is 54.2. The van der Waals surface area contributed by atoms with Gasteiger partial charge in [-0.1, -0.05) is 139 Å². The largest absolute Gasteiger partial charge is 0.472 e. The van der Waals surface area contributed by atoms with Crippen LogP contribution in [0.15, 0.2) is 60.8 Å². The molecule has 1 rings (SSSR count). The van der Waals surface area contributed by atoms with E-state index in [0.29, 0.717) is 19.3 Å². The maximum absolute atomic E-state index is 13.0. The van der Waals surface area contributed by atoms with Crippen LogP contribution in [0.5, 0.6) is 0 Å². The number of phosphoric acid groups is 2. The molecule has 0 spiro atoms. The van der Waals surface area contributed by atoms with Gasteiger partial charge in [0.2, 0.25) is 0 Å². The Balaban J connectivity index is 2.65. The molecule has 1 saturated carbocycles. The SMILES string of the molecule is CCCCC/C=C\C/C=C\C/C=C\C/C=C\CCCC(=O)O[C@H](COC(=O)CCCCCCC/C=C\CCCCCCCC)COP(=O)(O)O[C@H]1C(O)C(O)C(O)[C@@H](OP(=O)(O)O)C1O. The van der Waals surface area contributed by atoms with Crippen molar-refractivity contribution in [3.8, 4) is 0 Å². The zero-order valence-corrected chi connectivity index (χ0v) is 40.7. The summed E-state index contributed by atoms with van der Waals surface area (Å²) in [6.45, 7) is 3.02. The predicted octanol–water partition coefficient (Wildman–Crippen LogP) is 9.06. The van der Waals surface area contributed by atoms with E-state index in [1.54, 1.807) is 0 Å². The third-order valence-electron chi connectivity index (χ3n) is 10.6. The van der Waals surface area contributed by atoms with E-state index in [2.05, 4.69) is 67.0 Å². The molecule has 0 bridgehead atoms. The van der Waals surface area contributed by atoms with Crippen molar-refractivity contribution in [3.05, 3.63) is 60.8 Å². The third-order valence-corrected chi connectivity index (χ3v) is 12.1. The quantitative estimate of drug-likeness (QED) is 0.0131. The van der Waals surface area contributed by atoms with Gasteiger partial charge in [-0.3, -0.25) is 23.2 Å². The van der Waals surface area contributed by atoms with Crippen LogP contribution in [-0.2, 0) is 41.8 Å². The number of hydrogen-bond acceptors (Lipinski definition) is 13. The highest BCUT2D eigenvalue weighted by atomic mass is 31.2. The fourth-order valence-electron chi connectivity index (χ4n) is 6.84. The van der Waals surface area contributed by atoms with E-state index in [0.717, 1.165) is 64.2 Å². The van der Waals surface area contributed by atoms with Gasteiger partial charge in [0, 0.05) is 12.8 Å². The van der Waals surface area contributed by atoms with Crippen LogP contribution in [0.3, 0.4) is 0 Å². The van der Waals surface area contributed by atoms with Gasteiger partial charge < -0.3 is 44.6 Å².